The summed E-state index contributed by atoms with van der Waals surface area (Å²) in [6.45, 7) is 20.7. The van der Waals surface area contributed by atoms with Crippen molar-refractivity contribution in [1.82, 2.24) is 10.6 Å². The van der Waals surface area contributed by atoms with Gasteiger partial charge < -0.3 is 29.6 Å². The van der Waals surface area contributed by atoms with E-state index in [4.69, 9.17) is 13.9 Å². The molecule has 0 bridgehead atoms. The van der Waals surface area contributed by atoms with Crippen LogP contribution in [0.2, 0.25) is 5.04 Å². The van der Waals surface area contributed by atoms with E-state index >= 15 is 0 Å². The molecular formula is C69H110N2O8Si. The Labute approximate surface area is 486 Å². The molecule has 2 aromatic carbocycles. The second-order valence-corrected chi connectivity index (χ2v) is 31.7. The Bertz CT molecular complexity index is 2170. The number of unbranched alkanes of at least 4 members (excludes halogenated alkanes) is 11. The maximum absolute atomic E-state index is 14.2. The summed E-state index contributed by atoms with van der Waals surface area (Å²) >= 11 is 0. The third-order valence-corrected chi connectivity index (χ3v) is 25.5. The third-order valence-electron chi connectivity index (χ3n) is 20.5. The number of benzene rings is 2. The van der Waals surface area contributed by atoms with Crippen LogP contribution in [0.5, 0.6) is 0 Å². The minimum Gasteiger partial charge on any atom is -0.481 e. The zero-order chi connectivity index (χ0) is 57.8. The highest BCUT2D eigenvalue weighted by Crippen LogP contribution is 2.68. The highest BCUT2D eigenvalue weighted by Gasteiger charge is 2.61. The highest BCUT2D eigenvalue weighted by atomic mass is 28.4. The Morgan fingerprint density at radius 2 is 1.34 bits per heavy atom. The molecule has 4 saturated carbocycles. The van der Waals surface area contributed by atoms with Gasteiger partial charge in [0, 0.05) is 0 Å². The molecule has 0 spiro atoms. The fourth-order valence-corrected chi connectivity index (χ4v) is 20.7. The number of carbonyl (C=O) groups excluding carboxylic acids is 3. The zero-order valence-corrected chi connectivity index (χ0v) is 52.5. The molecular weight excluding hydrogens is 1010 g/mol. The van der Waals surface area contributed by atoms with E-state index in [-0.39, 0.29) is 44.6 Å². The van der Waals surface area contributed by atoms with Crippen molar-refractivity contribution in [1.29, 1.82) is 0 Å². The van der Waals surface area contributed by atoms with Crippen molar-refractivity contribution < 1.29 is 38.2 Å². The molecule has 11 atom stereocenters. The van der Waals surface area contributed by atoms with Gasteiger partial charge in [-0.15, -0.1) is 0 Å². The second kappa shape index (κ2) is 31.7. The summed E-state index contributed by atoms with van der Waals surface area (Å²) in [4.78, 5) is 52.3. The quantitative estimate of drug-likeness (QED) is 0.0272. The Balaban J connectivity index is 1.10. The van der Waals surface area contributed by atoms with Crippen molar-refractivity contribution >= 4 is 42.4 Å². The van der Waals surface area contributed by atoms with Gasteiger partial charge in [0.2, 0.25) is 11.8 Å². The molecule has 6 rings (SSSR count). The predicted molar refractivity (Wildman–Crippen MR) is 328 cm³/mol. The summed E-state index contributed by atoms with van der Waals surface area (Å²) < 4.78 is 19.9. The number of ether oxygens (including phenoxy) is 2. The summed E-state index contributed by atoms with van der Waals surface area (Å²) in [6.07, 6.45) is 32.5. The van der Waals surface area contributed by atoms with Gasteiger partial charge in [0.15, 0.2) is 0 Å². The smallest absolute Gasteiger partial charge is 0.306 e. The third kappa shape index (κ3) is 17.9. The van der Waals surface area contributed by atoms with Gasteiger partial charge in [0.05, 0.1) is 37.6 Å². The van der Waals surface area contributed by atoms with Crippen molar-refractivity contribution in [2.24, 2.45) is 52.3 Å². The molecule has 0 aromatic heterocycles. The van der Waals surface area contributed by atoms with Crippen molar-refractivity contribution in [2.45, 2.75) is 253 Å². The molecule has 0 heterocycles. The summed E-state index contributed by atoms with van der Waals surface area (Å²) in [5.74, 6) is 2.92. The van der Waals surface area contributed by atoms with Crippen LogP contribution in [-0.2, 0) is 33.1 Å². The van der Waals surface area contributed by atoms with Crippen LogP contribution >= 0.6 is 0 Å². The highest BCUT2D eigenvalue weighted by molar-refractivity contribution is 6.99. The van der Waals surface area contributed by atoms with Gasteiger partial charge in [0.1, 0.15) is 13.2 Å². The maximum Gasteiger partial charge on any atom is 0.306 e. The molecule has 0 radical (unpaired) electrons. The number of esters is 1. The summed E-state index contributed by atoms with van der Waals surface area (Å²) in [5, 5.41) is 17.0. The van der Waals surface area contributed by atoms with Gasteiger partial charge >= 0.3 is 11.9 Å². The van der Waals surface area contributed by atoms with Crippen molar-refractivity contribution in [3.8, 4) is 0 Å². The largest absolute Gasteiger partial charge is 0.481 e. The molecule has 0 aliphatic heterocycles. The number of carboxylic acid groups (broad SMARTS) is 1. The number of carboxylic acids is 1. The summed E-state index contributed by atoms with van der Waals surface area (Å²) in [5.41, 5.74) is 0.791. The first-order chi connectivity index (χ1) is 38.3. The maximum atomic E-state index is 14.2. The average molecular weight is 1120 g/mol. The standard InChI is InChI=1S/C69H110N2O8Si/c1-10-11-12-13-14-15-16-17-18-19-20-21-28-36-62(79-80(67(5,6)7,55-32-24-22-25-33-55)56-34-26-23-27-35-56)61(49-78-66(76)42-41-65(74)75)71-63(72)48-70-64(73)50-77-54-43-45-68(8)53(47-54)37-38-57-59-40-39-58(52(4)31-29-30-51(2)3)69(59,9)46-44-60(57)68/h22-28,32-36,51-54,57-62H,10-21,29-31,37-50H2,1-9H3,(H,70,73)(H,71,72)(H,74,75)/t52?,53?,54-,57?,58+,59?,60?,61-,62+,68-,69+/m0/s1. The SMILES string of the molecule is CCCCCCCCCCCCCC=C[C@@H](O[Si](c1ccccc1)(c1ccccc1)C(C)(C)C)[C@H](COC(=O)CCC(=O)O)NC(=O)CNC(=O)CO[C@H]1CC[C@@]2(C)C(CCC3C2CC[C@@]2(C)C3CC[C@@H]2C(C)CCCC(C)C)C1. The molecule has 4 aliphatic rings. The van der Waals surface area contributed by atoms with Crippen molar-refractivity contribution in [2.75, 3.05) is 19.8 Å². The predicted octanol–water partition coefficient (Wildman–Crippen LogP) is 14.7. The van der Waals surface area contributed by atoms with E-state index in [9.17, 15) is 24.3 Å². The molecule has 11 heteroatoms. The molecule has 5 unspecified atom stereocenters. The van der Waals surface area contributed by atoms with Gasteiger partial charge in [-0.1, -0.05) is 219 Å². The van der Waals surface area contributed by atoms with Crippen LogP contribution < -0.4 is 21.0 Å². The number of amides is 2. The first-order valence-corrected chi connectivity index (χ1v) is 34.2. The lowest BCUT2D eigenvalue weighted by atomic mass is 9.44. The molecule has 448 valence electrons. The van der Waals surface area contributed by atoms with Crippen molar-refractivity contribution in [3.05, 3.63) is 72.8 Å². The van der Waals surface area contributed by atoms with E-state index < -0.39 is 43.3 Å². The topological polar surface area (TPSA) is 140 Å². The molecule has 4 fully saturated rings. The van der Waals surface area contributed by atoms with E-state index in [2.05, 4.69) is 103 Å². The first-order valence-electron chi connectivity index (χ1n) is 32.3. The van der Waals surface area contributed by atoms with Crippen LogP contribution in [0.3, 0.4) is 0 Å². The minimum atomic E-state index is -3.23. The monoisotopic (exact) mass is 1120 g/mol. The Kier molecular flexibility index (Phi) is 25.9. The number of carbonyl (C=O) groups is 4. The Morgan fingerprint density at radius 3 is 1.95 bits per heavy atom. The molecule has 2 aromatic rings. The van der Waals surface area contributed by atoms with Crippen LogP contribution in [0.4, 0.5) is 0 Å². The lowest BCUT2D eigenvalue weighted by Crippen LogP contribution is -2.69. The summed E-state index contributed by atoms with van der Waals surface area (Å²) in [6, 6.07) is 19.7. The number of aliphatic carboxylic acids is 1. The van der Waals surface area contributed by atoms with Gasteiger partial charge in [-0.25, -0.2) is 0 Å². The second-order valence-electron chi connectivity index (χ2n) is 27.4. The van der Waals surface area contributed by atoms with Crippen LogP contribution in [0.25, 0.3) is 0 Å². The summed E-state index contributed by atoms with van der Waals surface area (Å²) in [7, 11) is -3.23. The lowest BCUT2D eigenvalue weighted by molar-refractivity contribution is -0.149. The first kappa shape index (κ1) is 65.4. The van der Waals surface area contributed by atoms with Crippen molar-refractivity contribution in [3.63, 3.8) is 0 Å². The van der Waals surface area contributed by atoms with E-state index in [1.807, 2.05) is 42.5 Å². The minimum absolute atomic E-state index is 0.0112. The Morgan fingerprint density at radius 1 is 0.725 bits per heavy atom. The molecule has 2 amide bonds. The normalized spacial score (nSPS) is 26.0. The number of rotatable bonds is 34. The van der Waals surface area contributed by atoms with E-state index in [1.54, 1.807) is 0 Å². The zero-order valence-electron chi connectivity index (χ0n) is 51.5. The van der Waals surface area contributed by atoms with Gasteiger partial charge in [0.25, 0.3) is 8.32 Å². The Hall–Kier alpha value is -3.80. The molecule has 0 saturated heterocycles. The molecule has 10 nitrogen and oxygen atoms in total. The molecule has 80 heavy (non-hydrogen) atoms. The van der Waals surface area contributed by atoms with Gasteiger partial charge in [-0.2, -0.15) is 0 Å². The van der Waals surface area contributed by atoms with Crippen LogP contribution in [0.1, 0.15) is 229 Å². The number of allylic oxidation sites excluding steroid dienone is 1. The average Bonchev–Trinajstić information content (AvgIpc) is 3.94. The number of nitrogens with one attached hydrogen (secondary N) is 2. The number of hydrogen-bond donors (Lipinski definition) is 3. The van der Waals surface area contributed by atoms with Crippen LogP contribution in [0.15, 0.2) is 72.8 Å². The van der Waals surface area contributed by atoms with Gasteiger partial charge in [-0.3, -0.25) is 19.2 Å². The fourth-order valence-electron chi connectivity index (χ4n) is 16.1. The van der Waals surface area contributed by atoms with E-state index in [1.165, 1.54) is 116 Å². The molecule has 4 aliphatic carbocycles. The van der Waals surface area contributed by atoms with Crippen LogP contribution in [0, 0.1) is 52.3 Å². The number of hydrogen-bond acceptors (Lipinski definition) is 7. The molecule has 3 N–H and O–H groups in total. The van der Waals surface area contributed by atoms with Crippen LogP contribution in [-0.4, -0.2) is 75.2 Å². The van der Waals surface area contributed by atoms with Gasteiger partial charge in [-0.05, 0) is 138 Å². The fraction of sp³-hybridized carbons (Fsp3) is 0.739. The van der Waals surface area contributed by atoms with E-state index in [0.717, 1.165) is 84.4 Å². The number of fused-ring (bicyclic) bond motifs is 5. The van der Waals surface area contributed by atoms with E-state index in [0.29, 0.717) is 16.7 Å². The lowest BCUT2D eigenvalue weighted by Gasteiger charge is -2.61.